The van der Waals surface area contributed by atoms with E-state index in [4.69, 9.17) is 5.26 Å². The molecule has 1 heterocycles. The highest BCUT2D eigenvalue weighted by Gasteiger charge is 2.20. The second kappa shape index (κ2) is 5.07. The average molecular weight is 236 g/mol. The van der Waals surface area contributed by atoms with Gasteiger partial charge in [0.05, 0.1) is 11.8 Å². The fourth-order valence-electron chi connectivity index (χ4n) is 0.900. The Hall–Kier alpha value is -2.43. The monoisotopic (exact) mass is 236 g/mol. The molecule has 17 heavy (non-hydrogen) atoms. The molecule has 0 aromatic carbocycles. The highest BCUT2D eigenvalue weighted by Crippen LogP contribution is 2.10. The Balaban J connectivity index is 2.74. The van der Waals surface area contributed by atoms with E-state index in [1.54, 1.807) is 13.8 Å². The predicted octanol–water partition coefficient (Wildman–Crippen LogP) is 0.227. The Bertz CT molecular complexity index is 470. The van der Waals surface area contributed by atoms with Crippen molar-refractivity contribution >= 4 is 12.3 Å². The molecule has 0 fully saturated rings. The summed E-state index contributed by atoms with van der Waals surface area (Å²) in [4.78, 5) is 19.0. The topological polar surface area (TPSA) is 105 Å². The fourth-order valence-corrected chi connectivity index (χ4v) is 0.900. The molecule has 0 saturated heterocycles. The third kappa shape index (κ3) is 3.27. The summed E-state index contributed by atoms with van der Waals surface area (Å²) in [7, 11) is 1.43. The quantitative estimate of drug-likeness (QED) is 0.459. The molecule has 8 heteroatoms. The van der Waals surface area contributed by atoms with Gasteiger partial charge in [-0.3, -0.25) is 4.84 Å². The van der Waals surface area contributed by atoms with Crippen LogP contribution in [0, 0.1) is 11.3 Å². The maximum Gasteiger partial charge on any atom is 0.433 e. The van der Waals surface area contributed by atoms with Crippen LogP contribution in [0.25, 0.3) is 0 Å². The van der Waals surface area contributed by atoms with E-state index in [9.17, 15) is 4.79 Å². The molecule has 1 aromatic heterocycles. The summed E-state index contributed by atoms with van der Waals surface area (Å²) in [6.45, 7) is 3.55. The Morgan fingerprint density at radius 2 is 2.47 bits per heavy atom. The number of rotatable bonds is 3. The Kier molecular flexibility index (Phi) is 3.77. The van der Waals surface area contributed by atoms with Crippen molar-refractivity contribution in [2.45, 2.75) is 19.4 Å². The molecule has 0 saturated carbocycles. The zero-order chi connectivity index (χ0) is 12.9. The molecule has 1 amide bonds. The molecule has 8 nitrogen and oxygen atoms in total. The van der Waals surface area contributed by atoms with Gasteiger partial charge in [0.1, 0.15) is 12.4 Å². The molecule has 1 aromatic rings. The van der Waals surface area contributed by atoms with Gasteiger partial charge in [-0.15, -0.1) is 5.10 Å². The van der Waals surface area contributed by atoms with Gasteiger partial charge in [-0.2, -0.15) is 5.26 Å². The average Bonchev–Trinajstić information content (AvgIpc) is 2.77. The highest BCUT2D eigenvalue weighted by atomic mass is 16.7. The van der Waals surface area contributed by atoms with Crippen LogP contribution in [0.3, 0.4) is 0 Å². The summed E-state index contributed by atoms with van der Waals surface area (Å²) in [6, 6.07) is 1.82. The minimum Gasteiger partial charge on any atom is -0.323 e. The Labute approximate surface area is 97.9 Å². The first-order valence-corrected chi connectivity index (χ1v) is 4.75. The lowest BCUT2D eigenvalue weighted by atomic mass is 10.1. The minimum atomic E-state index is -0.659. The van der Waals surface area contributed by atoms with Crippen molar-refractivity contribution in [2.75, 3.05) is 7.05 Å². The van der Waals surface area contributed by atoms with E-state index in [0.717, 1.165) is 0 Å². The Morgan fingerprint density at radius 1 is 1.76 bits per heavy atom. The first-order chi connectivity index (χ1) is 7.99. The van der Waals surface area contributed by atoms with Gasteiger partial charge in [0.2, 0.25) is 0 Å². The molecule has 0 unspecified atom stereocenters. The minimum absolute atomic E-state index is 0.0682. The molecular weight excluding hydrogens is 224 g/mol. The van der Waals surface area contributed by atoms with Crippen LogP contribution in [0.5, 0.6) is 0 Å². The lowest BCUT2D eigenvalue weighted by molar-refractivity contribution is 0.152. The van der Waals surface area contributed by atoms with Gasteiger partial charge in [-0.05, 0) is 13.8 Å². The van der Waals surface area contributed by atoms with Gasteiger partial charge in [0.25, 0.3) is 5.82 Å². The van der Waals surface area contributed by atoms with Crippen molar-refractivity contribution in [3.8, 4) is 6.07 Å². The highest BCUT2D eigenvalue weighted by molar-refractivity contribution is 5.70. The van der Waals surface area contributed by atoms with Crippen LogP contribution < -0.4 is 5.32 Å². The number of hydrogen-bond donors (Lipinski definition) is 1. The second-order valence-corrected chi connectivity index (χ2v) is 3.64. The van der Waals surface area contributed by atoms with Crippen molar-refractivity contribution in [3.05, 3.63) is 12.2 Å². The molecule has 1 rings (SSSR count). The summed E-state index contributed by atoms with van der Waals surface area (Å²) >= 11 is 0. The molecule has 0 aliphatic rings. The van der Waals surface area contributed by atoms with Crippen LogP contribution in [0.15, 0.2) is 11.5 Å². The van der Waals surface area contributed by atoms with E-state index >= 15 is 0 Å². The van der Waals surface area contributed by atoms with E-state index in [1.165, 1.54) is 24.3 Å². The predicted molar refractivity (Wildman–Crippen MR) is 58.1 cm³/mol. The van der Waals surface area contributed by atoms with E-state index in [2.05, 4.69) is 25.4 Å². The number of carbonyl (C=O) groups excluding carboxylic acids is 1. The number of carbonyl (C=O) groups is 1. The van der Waals surface area contributed by atoms with Gasteiger partial charge in [0, 0.05) is 7.05 Å². The third-order valence-electron chi connectivity index (χ3n) is 1.89. The van der Waals surface area contributed by atoms with Gasteiger partial charge in [-0.1, -0.05) is 5.16 Å². The molecule has 0 bridgehead atoms. The number of hydrogen-bond acceptors (Lipinski definition) is 6. The largest absolute Gasteiger partial charge is 0.433 e. The fraction of sp³-hybridized carbons (Fsp3) is 0.444. The number of nitriles is 1. The third-order valence-corrected chi connectivity index (χ3v) is 1.89. The van der Waals surface area contributed by atoms with Crippen molar-refractivity contribution in [2.24, 2.45) is 5.16 Å². The van der Waals surface area contributed by atoms with Crippen molar-refractivity contribution in [1.29, 1.82) is 5.26 Å². The first-order valence-electron chi connectivity index (χ1n) is 4.75. The first kappa shape index (κ1) is 12.6. The van der Waals surface area contributed by atoms with Crippen molar-refractivity contribution in [1.82, 2.24) is 20.1 Å². The maximum absolute atomic E-state index is 10.8. The molecule has 0 atom stereocenters. The van der Waals surface area contributed by atoms with E-state index in [-0.39, 0.29) is 5.82 Å². The molecule has 0 spiro atoms. The summed E-state index contributed by atoms with van der Waals surface area (Å²) in [6.07, 6.45) is 2.14. The smallest absolute Gasteiger partial charge is 0.323 e. The normalized spacial score (nSPS) is 11.2. The van der Waals surface area contributed by atoms with Crippen LogP contribution in [0.1, 0.15) is 19.7 Å². The van der Waals surface area contributed by atoms with Gasteiger partial charge >= 0.3 is 6.09 Å². The van der Waals surface area contributed by atoms with E-state index in [1.807, 2.05) is 6.07 Å². The lowest BCUT2D eigenvalue weighted by Gasteiger charge is -2.18. The van der Waals surface area contributed by atoms with Crippen LogP contribution in [-0.4, -0.2) is 34.1 Å². The SMILES string of the molecule is CNC(=O)ON=CC(C)(C)n1cnc(C#N)n1. The van der Waals surface area contributed by atoms with Crippen LogP contribution in [0.2, 0.25) is 0 Å². The molecule has 0 aliphatic carbocycles. The molecular formula is C9H12N6O2. The van der Waals surface area contributed by atoms with Gasteiger partial charge in [0.15, 0.2) is 0 Å². The molecule has 90 valence electrons. The zero-order valence-electron chi connectivity index (χ0n) is 9.71. The number of nitrogens with zero attached hydrogens (tertiary/aromatic N) is 5. The van der Waals surface area contributed by atoms with Gasteiger partial charge < -0.3 is 5.32 Å². The van der Waals surface area contributed by atoms with Crippen LogP contribution in [0.4, 0.5) is 4.79 Å². The number of nitrogens with one attached hydrogen (secondary N) is 1. The zero-order valence-corrected chi connectivity index (χ0v) is 9.71. The summed E-state index contributed by atoms with van der Waals surface area (Å²) in [5.74, 6) is 0.0682. The molecule has 0 radical (unpaired) electrons. The number of amides is 1. The summed E-state index contributed by atoms with van der Waals surface area (Å²) in [5, 5.41) is 18.3. The lowest BCUT2D eigenvalue weighted by Crippen LogP contribution is -2.29. The van der Waals surface area contributed by atoms with Crippen molar-refractivity contribution in [3.63, 3.8) is 0 Å². The molecule has 1 N–H and O–H groups in total. The van der Waals surface area contributed by atoms with E-state index < -0.39 is 11.6 Å². The maximum atomic E-state index is 10.8. The summed E-state index contributed by atoms with van der Waals surface area (Å²) < 4.78 is 1.45. The van der Waals surface area contributed by atoms with Crippen LogP contribution >= 0.6 is 0 Å². The van der Waals surface area contributed by atoms with Crippen LogP contribution in [-0.2, 0) is 10.4 Å². The van der Waals surface area contributed by atoms with Crippen molar-refractivity contribution < 1.29 is 9.63 Å². The standard InChI is InChI=1S/C9H12N6O2/c1-9(2,5-13-17-8(16)11-3)15-6-12-7(4-10)14-15/h5-6H,1-3H3,(H,11,16). The molecule has 0 aliphatic heterocycles. The summed E-state index contributed by atoms with van der Waals surface area (Å²) in [5.41, 5.74) is -0.657. The van der Waals surface area contributed by atoms with E-state index in [0.29, 0.717) is 0 Å². The van der Waals surface area contributed by atoms with Gasteiger partial charge in [-0.25, -0.2) is 14.5 Å². The number of aromatic nitrogens is 3. The number of oxime groups is 1. The second-order valence-electron chi connectivity index (χ2n) is 3.64. The Morgan fingerprint density at radius 3 is 3.00 bits per heavy atom.